The molecule has 1 aromatic heterocycles. The summed E-state index contributed by atoms with van der Waals surface area (Å²) in [5, 5.41) is 12.0. The SMILES string of the molecule is CCOC(=O)c1c(-c2ccccc2)c(/C=C\C(=O)OC)o[n+]1[O-]. The number of rotatable bonds is 5. The lowest BCUT2D eigenvalue weighted by atomic mass is 10.0. The molecule has 7 nitrogen and oxygen atoms in total. The highest BCUT2D eigenvalue weighted by Crippen LogP contribution is 2.28. The Morgan fingerprint density at radius 3 is 2.61 bits per heavy atom. The molecule has 0 N–H and O–H groups in total. The fourth-order valence-electron chi connectivity index (χ4n) is 1.97. The smallest absolute Gasteiger partial charge is 0.410 e. The van der Waals surface area contributed by atoms with E-state index in [4.69, 9.17) is 9.26 Å². The Labute approximate surface area is 132 Å². The third kappa shape index (κ3) is 3.57. The minimum Gasteiger partial charge on any atom is -0.466 e. The lowest BCUT2D eigenvalue weighted by Gasteiger charge is -2.01. The lowest BCUT2D eigenvalue weighted by molar-refractivity contribution is -0.794. The molecule has 0 aliphatic rings. The Hall–Kier alpha value is -3.09. The van der Waals surface area contributed by atoms with Gasteiger partial charge >= 0.3 is 17.6 Å². The van der Waals surface area contributed by atoms with Gasteiger partial charge in [0, 0.05) is 6.08 Å². The fourth-order valence-corrected chi connectivity index (χ4v) is 1.97. The van der Waals surface area contributed by atoms with E-state index in [0.29, 0.717) is 5.56 Å². The van der Waals surface area contributed by atoms with Crippen molar-refractivity contribution in [3.63, 3.8) is 0 Å². The Bertz CT molecular complexity index is 733. The van der Waals surface area contributed by atoms with Gasteiger partial charge in [-0.2, -0.15) is 0 Å². The number of carbonyl (C=O) groups excluding carboxylic acids is 2. The zero-order valence-corrected chi connectivity index (χ0v) is 12.6. The van der Waals surface area contributed by atoms with Crippen LogP contribution >= 0.6 is 0 Å². The molecule has 0 spiro atoms. The molecule has 2 rings (SSSR count). The summed E-state index contributed by atoms with van der Waals surface area (Å²) in [7, 11) is 1.23. The molecule has 0 radical (unpaired) electrons. The second-order valence-corrected chi connectivity index (χ2v) is 4.38. The first-order valence-electron chi connectivity index (χ1n) is 6.83. The number of carbonyl (C=O) groups is 2. The average molecular weight is 317 g/mol. The maximum absolute atomic E-state index is 12.0. The van der Waals surface area contributed by atoms with Crippen LogP contribution in [0.2, 0.25) is 0 Å². The molecule has 23 heavy (non-hydrogen) atoms. The van der Waals surface area contributed by atoms with Crippen LogP contribution in [0.1, 0.15) is 23.2 Å². The van der Waals surface area contributed by atoms with Crippen molar-refractivity contribution in [3.05, 3.63) is 53.1 Å². The Balaban J connectivity index is 2.59. The summed E-state index contributed by atoms with van der Waals surface area (Å²) < 4.78 is 14.4. The first kappa shape index (κ1) is 16.3. The molecule has 7 heteroatoms. The van der Waals surface area contributed by atoms with Crippen molar-refractivity contribution in [1.82, 2.24) is 0 Å². The number of ether oxygens (including phenoxy) is 2. The van der Waals surface area contributed by atoms with E-state index in [-0.39, 0.29) is 28.5 Å². The Morgan fingerprint density at radius 1 is 1.30 bits per heavy atom. The first-order chi connectivity index (χ1) is 11.1. The number of esters is 2. The molecular weight excluding hydrogens is 302 g/mol. The number of benzene rings is 1. The standard InChI is InChI=1S/C16H15NO6/c1-3-22-16(19)15-14(11-7-5-4-6-8-11)12(23-17(15)20)9-10-13(18)21-2/h4-10H,3H2,1-2H3/b10-9-. The van der Waals surface area contributed by atoms with Crippen molar-refractivity contribution < 1.29 is 28.5 Å². The van der Waals surface area contributed by atoms with Crippen LogP contribution in [0.25, 0.3) is 17.2 Å². The third-order valence-electron chi connectivity index (χ3n) is 2.95. The van der Waals surface area contributed by atoms with Crippen molar-refractivity contribution >= 4 is 18.0 Å². The molecule has 0 aliphatic heterocycles. The highest BCUT2D eigenvalue weighted by molar-refractivity contribution is 5.96. The van der Waals surface area contributed by atoms with Crippen molar-refractivity contribution in [2.75, 3.05) is 13.7 Å². The van der Waals surface area contributed by atoms with E-state index < -0.39 is 11.9 Å². The van der Waals surface area contributed by atoms with Gasteiger partial charge in [0.1, 0.15) is 0 Å². The fraction of sp³-hybridized carbons (Fsp3) is 0.188. The van der Waals surface area contributed by atoms with Gasteiger partial charge in [-0.15, -0.1) is 0 Å². The first-order valence-corrected chi connectivity index (χ1v) is 6.83. The predicted octanol–water partition coefficient (Wildman–Crippen LogP) is 1.94. The molecule has 0 bridgehead atoms. The quantitative estimate of drug-likeness (QED) is 0.475. The Morgan fingerprint density at radius 2 is 2.00 bits per heavy atom. The van der Waals surface area contributed by atoms with Crippen LogP contribution in [0.15, 0.2) is 40.9 Å². The lowest BCUT2D eigenvalue weighted by Crippen LogP contribution is -2.32. The van der Waals surface area contributed by atoms with Crippen LogP contribution in [0.4, 0.5) is 0 Å². The molecule has 0 aliphatic carbocycles. The highest BCUT2D eigenvalue weighted by Gasteiger charge is 2.31. The monoisotopic (exact) mass is 317 g/mol. The Kier molecular flexibility index (Phi) is 5.14. The third-order valence-corrected chi connectivity index (χ3v) is 2.95. The van der Waals surface area contributed by atoms with Crippen LogP contribution in [0.5, 0.6) is 0 Å². The van der Waals surface area contributed by atoms with Gasteiger partial charge in [0.2, 0.25) is 0 Å². The topological polar surface area (TPSA) is 92.7 Å². The van der Waals surface area contributed by atoms with Crippen molar-refractivity contribution in [2.24, 2.45) is 0 Å². The summed E-state index contributed by atoms with van der Waals surface area (Å²) >= 11 is 0. The number of methoxy groups -OCH3 is 1. The number of aromatic nitrogens is 1. The molecule has 1 aromatic carbocycles. The van der Waals surface area contributed by atoms with E-state index in [0.717, 1.165) is 6.08 Å². The molecule has 0 amide bonds. The second kappa shape index (κ2) is 7.26. The molecule has 0 saturated heterocycles. The van der Waals surface area contributed by atoms with E-state index in [9.17, 15) is 14.8 Å². The molecule has 2 aromatic rings. The van der Waals surface area contributed by atoms with Crippen LogP contribution in [-0.4, -0.2) is 25.7 Å². The summed E-state index contributed by atoms with van der Waals surface area (Å²) in [6.07, 6.45) is 2.37. The van der Waals surface area contributed by atoms with Crippen molar-refractivity contribution in [2.45, 2.75) is 6.92 Å². The van der Waals surface area contributed by atoms with Gasteiger partial charge in [-0.3, -0.25) is 5.21 Å². The molecule has 0 unspecified atom stereocenters. The second-order valence-electron chi connectivity index (χ2n) is 4.38. The summed E-state index contributed by atoms with van der Waals surface area (Å²) in [5.74, 6) is -1.36. The minimum absolute atomic E-state index is 0.0552. The zero-order chi connectivity index (χ0) is 16.8. The number of hydrogen-bond donors (Lipinski definition) is 0. The van der Waals surface area contributed by atoms with Crippen LogP contribution in [-0.2, 0) is 14.3 Å². The number of hydrogen-bond acceptors (Lipinski definition) is 6. The zero-order valence-electron chi connectivity index (χ0n) is 12.6. The molecule has 1 heterocycles. The highest BCUT2D eigenvalue weighted by atomic mass is 16.7. The van der Waals surface area contributed by atoms with E-state index in [1.807, 2.05) is 0 Å². The molecule has 0 atom stereocenters. The summed E-state index contributed by atoms with van der Waals surface area (Å²) in [4.78, 5) is 23.4. The van der Waals surface area contributed by atoms with Crippen LogP contribution in [0, 0.1) is 5.21 Å². The van der Waals surface area contributed by atoms with Gasteiger partial charge in [0.25, 0.3) is 0 Å². The maximum atomic E-state index is 12.0. The summed E-state index contributed by atoms with van der Waals surface area (Å²) in [6.45, 7) is 1.75. The van der Waals surface area contributed by atoms with Gasteiger partial charge in [-0.05, 0) is 18.6 Å². The van der Waals surface area contributed by atoms with Crippen LogP contribution < -0.4 is 4.90 Å². The van der Waals surface area contributed by atoms with Crippen molar-refractivity contribution in [1.29, 1.82) is 0 Å². The van der Waals surface area contributed by atoms with Crippen LogP contribution in [0.3, 0.4) is 0 Å². The average Bonchev–Trinajstić information content (AvgIpc) is 2.90. The van der Waals surface area contributed by atoms with Gasteiger partial charge in [-0.25, -0.2) is 9.59 Å². The van der Waals surface area contributed by atoms with Gasteiger partial charge in [0.15, 0.2) is 0 Å². The normalized spacial score (nSPS) is 10.7. The summed E-state index contributed by atoms with van der Waals surface area (Å²) in [5.41, 5.74) is 0.556. The predicted molar refractivity (Wildman–Crippen MR) is 80.1 cm³/mol. The van der Waals surface area contributed by atoms with E-state index in [1.165, 1.54) is 13.2 Å². The van der Waals surface area contributed by atoms with Gasteiger partial charge in [0.05, 0.1) is 29.9 Å². The minimum atomic E-state index is -0.803. The molecule has 120 valence electrons. The molecule has 0 fully saturated rings. The maximum Gasteiger partial charge on any atom is 0.410 e. The van der Waals surface area contributed by atoms with Gasteiger partial charge < -0.3 is 14.0 Å². The van der Waals surface area contributed by atoms with E-state index in [2.05, 4.69) is 4.74 Å². The van der Waals surface area contributed by atoms with E-state index >= 15 is 0 Å². The van der Waals surface area contributed by atoms with E-state index in [1.54, 1.807) is 37.3 Å². The summed E-state index contributed by atoms with van der Waals surface area (Å²) in [6, 6.07) is 8.72. The molecular formula is C16H15NO6. The number of nitrogens with zero attached hydrogens (tertiary/aromatic N) is 1. The van der Waals surface area contributed by atoms with Gasteiger partial charge in [-0.1, -0.05) is 30.3 Å². The van der Waals surface area contributed by atoms with Crippen molar-refractivity contribution in [3.8, 4) is 11.1 Å². The largest absolute Gasteiger partial charge is 0.466 e. The molecule has 0 saturated carbocycles.